The number of halogens is 3. The van der Waals surface area contributed by atoms with Crippen LogP contribution >= 0.6 is 43.5 Å². The van der Waals surface area contributed by atoms with Crippen LogP contribution in [0.4, 0.5) is 0 Å². The zero-order valence-corrected chi connectivity index (χ0v) is 10.5. The van der Waals surface area contributed by atoms with E-state index in [9.17, 15) is 4.79 Å². The van der Waals surface area contributed by atoms with E-state index in [1.54, 1.807) is 6.07 Å². The number of benzene rings is 1. The molecule has 0 saturated heterocycles. The lowest BCUT2D eigenvalue weighted by atomic mass is 10.0. The first kappa shape index (κ1) is 11.2. The Hall–Kier alpha value is 0.140. The molecular formula is C9H7Br2ClO. The summed E-state index contributed by atoms with van der Waals surface area (Å²) >= 11 is 12.5. The molecule has 1 rings (SSSR count). The van der Waals surface area contributed by atoms with Gasteiger partial charge in [0.2, 0.25) is 0 Å². The average molecular weight is 326 g/mol. The van der Waals surface area contributed by atoms with E-state index < -0.39 is 0 Å². The fraction of sp³-hybridized carbons (Fsp3) is 0.222. The summed E-state index contributed by atoms with van der Waals surface area (Å²) in [5.74, 6) is -0.256. The van der Waals surface area contributed by atoms with Gasteiger partial charge in [-0.05, 0) is 11.6 Å². The van der Waals surface area contributed by atoms with Crippen molar-refractivity contribution >= 4 is 49.7 Å². The summed E-state index contributed by atoms with van der Waals surface area (Å²) in [6.07, 6.45) is 0.870. The Kier molecular flexibility index (Phi) is 4.42. The minimum atomic E-state index is -0.256. The molecule has 0 amide bonds. The summed E-state index contributed by atoms with van der Waals surface area (Å²) in [5.41, 5.74) is 0.831. The van der Waals surface area contributed by atoms with Crippen LogP contribution in [0.15, 0.2) is 24.3 Å². The molecule has 0 aromatic heterocycles. The van der Waals surface area contributed by atoms with E-state index in [1.807, 2.05) is 18.2 Å². The summed E-state index contributed by atoms with van der Waals surface area (Å²) in [4.78, 5) is 10.8. The first-order valence-corrected chi connectivity index (χ1v) is 5.85. The second-order valence-corrected chi connectivity index (χ2v) is 6.13. The minimum Gasteiger partial charge on any atom is -0.303 e. The van der Waals surface area contributed by atoms with Gasteiger partial charge in [-0.25, -0.2) is 0 Å². The molecule has 1 aromatic carbocycles. The number of carbonyl (C=O) groups is 1. The van der Waals surface area contributed by atoms with Gasteiger partial charge in [0, 0.05) is 5.02 Å². The highest BCUT2D eigenvalue weighted by Crippen LogP contribution is 2.31. The smallest absolute Gasteiger partial charge is 0.129 e. The molecule has 1 nitrogen and oxygen atoms in total. The van der Waals surface area contributed by atoms with Crippen molar-refractivity contribution in [3.05, 3.63) is 34.9 Å². The van der Waals surface area contributed by atoms with Crippen molar-refractivity contribution in [3.63, 3.8) is 0 Å². The van der Waals surface area contributed by atoms with E-state index in [2.05, 4.69) is 31.9 Å². The fourth-order valence-corrected chi connectivity index (χ4v) is 2.09. The number of hydrogen-bond acceptors (Lipinski definition) is 1. The third-order valence-corrected chi connectivity index (χ3v) is 3.17. The summed E-state index contributed by atoms with van der Waals surface area (Å²) in [7, 11) is 0. The topological polar surface area (TPSA) is 17.1 Å². The highest BCUT2D eigenvalue weighted by atomic mass is 79.9. The first-order valence-electron chi connectivity index (χ1n) is 3.64. The van der Waals surface area contributed by atoms with Crippen LogP contribution in [0.5, 0.6) is 0 Å². The van der Waals surface area contributed by atoms with E-state index in [4.69, 9.17) is 11.6 Å². The standard InChI is InChI=1S/C9H7Br2ClO/c10-9(11)7(5-13)6-3-1-2-4-8(6)12/h1-5,7,9H. The lowest BCUT2D eigenvalue weighted by molar-refractivity contribution is -0.108. The van der Waals surface area contributed by atoms with Crippen molar-refractivity contribution in [3.8, 4) is 0 Å². The van der Waals surface area contributed by atoms with Gasteiger partial charge in [-0.3, -0.25) is 0 Å². The van der Waals surface area contributed by atoms with Gasteiger partial charge in [0.25, 0.3) is 0 Å². The molecule has 0 N–H and O–H groups in total. The Morgan fingerprint density at radius 1 is 1.31 bits per heavy atom. The van der Waals surface area contributed by atoms with Gasteiger partial charge in [0.15, 0.2) is 0 Å². The number of aldehydes is 1. The Morgan fingerprint density at radius 2 is 1.92 bits per heavy atom. The number of rotatable bonds is 3. The second kappa shape index (κ2) is 5.13. The van der Waals surface area contributed by atoms with Crippen LogP contribution in [-0.2, 0) is 4.79 Å². The maximum absolute atomic E-state index is 10.8. The molecule has 1 atom stereocenters. The van der Waals surface area contributed by atoms with Gasteiger partial charge in [0.1, 0.15) is 6.29 Å². The fourth-order valence-electron chi connectivity index (χ4n) is 1.01. The number of hydrogen-bond donors (Lipinski definition) is 0. The molecule has 0 fully saturated rings. The van der Waals surface area contributed by atoms with Crippen LogP contribution in [0.3, 0.4) is 0 Å². The maximum atomic E-state index is 10.8. The largest absolute Gasteiger partial charge is 0.303 e. The molecular weight excluding hydrogens is 319 g/mol. The third kappa shape index (κ3) is 2.79. The minimum absolute atomic E-state index is 0.0857. The molecule has 0 aliphatic carbocycles. The van der Waals surface area contributed by atoms with E-state index in [-0.39, 0.29) is 9.65 Å². The zero-order chi connectivity index (χ0) is 9.84. The van der Waals surface area contributed by atoms with Crippen LogP contribution in [0.1, 0.15) is 11.5 Å². The van der Waals surface area contributed by atoms with Crippen molar-refractivity contribution < 1.29 is 4.79 Å². The van der Waals surface area contributed by atoms with Gasteiger partial charge in [-0.1, -0.05) is 61.7 Å². The molecule has 1 aromatic rings. The van der Waals surface area contributed by atoms with Crippen LogP contribution in [0, 0.1) is 0 Å². The van der Waals surface area contributed by atoms with E-state index in [0.717, 1.165) is 11.8 Å². The van der Waals surface area contributed by atoms with Gasteiger partial charge in [-0.15, -0.1) is 0 Å². The van der Waals surface area contributed by atoms with Crippen molar-refractivity contribution in [1.82, 2.24) is 0 Å². The number of carbonyl (C=O) groups excluding carboxylic acids is 1. The predicted octanol–water partition coefficient (Wildman–Crippen LogP) is 3.74. The highest BCUT2D eigenvalue weighted by Gasteiger charge is 2.19. The zero-order valence-electron chi connectivity index (χ0n) is 6.58. The molecule has 0 radical (unpaired) electrons. The molecule has 0 heterocycles. The first-order chi connectivity index (χ1) is 6.16. The summed E-state index contributed by atoms with van der Waals surface area (Å²) in [6.45, 7) is 0. The van der Waals surface area contributed by atoms with Gasteiger partial charge < -0.3 is 4.79 Å². The van der Waals surface area contributed by atoms with Crippen LogP contribution in [0.2, 0.25) is 5.02 Å². The summed E-state index contributed by atoms with van der Waals surface area (Å²) in [5, 5.41) is 0.614. The van der Waals surface area contributed by atoms with Gasteiger partial charge in [0.05, 0.1) is 9.65 Å². The summed E-state index contributed by atoms with van der Waals surface area (Å²) < 4.78 is -0.0857. The normalized spacial score (nSPS) is 12.9. The molecule has 13 heavy (non-hydrogen) atoms. The lowest BCUT2D eigenvalue weighted by Crippen LogP contribution is -2.08. The van der Waals surface area contributed by atoms with Crippen molar-refractivity contribution in [1.29, 1.82) is 0 Å². The summed E-state index contributed by atoms with van der Waals surface area (Å²) in [6, 6.07) is 7.32. The molecule has 0 bridgehead atoms. The lowest BCUT2D eigenvalue weighted by Gasteiger charge is -2.12. The molecule has 0 saturated carbocycles. The third-order valence-electron chi connectivity index (χ3n) is 1.68. The van der Waals surface area contributed by atoms with E-state index in [1.165, 1.54) is 0 Å². The van der Waals surface area contributed by atoms with Gasteiger partial charge in [-0.2, -0.15) is 0 Å². The molecule has 1 unspecified atom stereocenters. The Labute approximate surface area is 98.7 Å². The van der Waals surface area contributed by atoms with Gasteiger partial charge >= 0.3 is 0 Å². The van der Waals surface area contributed by atoms with Crippen LogP contribution in [0.25, 0.3) is 0 Å². The SMILES string of the molecule is O=CC(c1ccccc1Cl)C(Br)Br. The Balaban J connectivity index is 3.04. The van der Waals surface area contributed by atoms with Crippen molar-refractivity contribution in [2.75, 3.05) is 0 Å². The maximum Gasteiger partial charge on any atom is 0.129 e. The van der Waals surface area contributed by atoms with Crippen LogP contribution in [-0.4, -0.2) is 10.0 Å². The quantitative estimate of drug-likeness (QED) is 0.611. The van der Waals surface area contributed by atoms with Crippen LogP contribution < -0.4 is 0 Å². The van der Waals surface area contributed by atoms with E-state index in [0.29, 0.717) is 5.02 Å². The van der Waals surface area contributed by atoms with Crippen molar-refractivity contribution in [2.24, 2.45) is 0 Å². The second-order valence-electron chi connectivity index (χ2n) is 2.52. The van der Waals surface area contributed by atoms with E-state index >= 15 is 0 Å². The molecule has 0 aliphatic heterocycles. The molecule has 0 spiro atoms. The van der Waals surface area contributed by atoms with Crippen molar-refractivity contribution in [2.45, 2.75) is 9.65 Å². The Bertz CT molecular complexity index is 301. The monoisotopic (exact) mass is 324 g/mol. The molecule has 0 aliphatic rings. The average Bonchev–Trinajstić information content (AvgIpc) is 2.09. The Morgan fingerprint density at radius 3 is 2.38 bits per heavy atom. The number of alkyl halides is 2. The molecule has 4 heteroatoms. The predicted molar refractivity (Wildman–Crippen MR) is 61.9 cm³/mol. The highest BCUT2D eigenvalue weighted by molar-refractivity contribution is 9.24. The molecule has 70 valence electrons.